The first-order chi connectivity index (χ1) is 17.7. The number of carbonyl (C=O) groups is 2. The van der Waals surface area contributed by atoms with Gasteiger partial charge in [0.1, 0.15) is 5.82 Å². The molecule has 0 aliphatic heterocycles. The number of rotatable bonds is 9. The van der Waals surface area contributed by atoms with Crippen LogP contribution in [0.5, 0.6) is 0 Å². The molecule has 0 unspecified atom stereocenters. The molecule has 0 bridgehead atoms. The fraction of sp³-hybridized carbons (Fsp3) is 0.172. The number of carbonyl (C=O) groups excluding carboxylic acids is 2. The van der Waals surface area contributed by atoms with E-state index in [-0.39, 0.29) is 29.1 Å². The number of nitrogens with zero attached hydrogens (tertiary/aromatic N) is 1. The highest BCUT2D eigenvalue weighted by molar-refractivity contribution is 7.89. The number of sulfonamides is 1. The van der Waals surface area contributed by atoms with E-state index in [0.29, 0.717) is 16.3 Å². The van der Waals surface area contributed by atoms with Crippen LogP contribution in [0.2, 0.25) is 0 Å². The summed E-state index contributed by atoms with van der Waals surface area (Å²) < 4.78 is 40.2. The highest BCUT2D eigenvalue weighted by Gasteiger charge is 2.24. The summed E-state index contributed by atoms with van der Waals surface area (Å²) in [6.07, 6.45) is 0.266. The minimum atomic E-state index is -3.69. The summed E-state index contributed by atoms with van der Waals surface area (Å²) in [6.45, 7) is 0. The number of Topliss-reactive ketones (excluding diaryl/α,β-unsaturated/α-hetero) is 1. The second-order valence-electron chi connectivity index (χ2n) is 8.92. The van der Waals surface area contributed by atoms with Crippen LogP contribution in [-0.4, -0.2) is 44.6 Å². The Balaban J connectivity index is 1.66. The Bertz CT molecular complexity index is 1540. The smallest absolute Gasteiger partial charge is 0.251 e. The Labute approximate surface area is 215 Å². The Morgan fingerprint density at radius 2 is 1.49 bits per heavy atom. The van der Waals surface area contributed by atoms with Crippen LogP contribution in [0.1, 0.15) is 21.5 Å². The molecule has 37 heavy (non-hydrogen) atoms. The van der Waals surface area contributed by atoms with Crippen molar-refractivity contribution in [1.82, 2.24) is 9.62 Å². The molecule has 190 valence electrons. The first-order valence-corrected chi connectivity index (χ1v) is 13.2. The third-order valence-corrected chi connectivity index (χ3v) is 8.05. The van der Waals surface area contributed by atoms with Crippen LogP contribution in [0, 0.1) is 5.82 Å². The summed E-state index contributed by atoms with van der Waals surface area (Å²) >= 11 is 0. The zero-order valence-corrected chi connectivity index (χ0v) is 21.3. The van der Waals surface area contributed by atoms with Gasteiger partial charge in [0, 0.05) is 31.5 Å². The molecule has 1 atom stereocenters. The Hall–Kier alpha value is -3.88. The molecule has 0 aliphatic carbocycles. The predicted molar refractivity (Wildman–Crippen MR) is 141 cm³/mol. The molecule has 0 saturated heterocycles. The van der Waals surface area contributed by atoms with Crippen molar-refractivity contribution in [2.45, 2.75) is 23.8 Å². The van der Waals surface area contributed by atoms with Crippen molar-refractivity contribution in [3.8, 4) is 0 Å². The van der Waals surface area contributed by atoms with Gasteiger partial charge in [0.15, 0.2) is 5.78 Å². The van der Waals surface area contributed by atoms with E-state index in [1.807, 2.05) is 30.3 Å². The number of ketones is 1. The molecule has 0 saturated carbocycles. The van der Waals surface area contributed by atoms with E-state index >= 15 is 0 Å². The van der Waals surface area contributed by atoms with Gasteiger partial charge in [-0.05, 0) is 53.3 Å². The van der Waals surface area contributed by atoms with Gasteiger partial charge in [-0.1, -0.05) is 60.7 Å². The number of halogens is 1. The van der Waals surface area contributed by atoms with Crippen LogP contribution in [0.15, 0.2) is 95.9 Å². The van der Waals surface area contributed by atoms with Gasteiger partial charge in [0.25, 0.3) is 5.91 Å². The molecule has 1 N–H and O–H groups in total. The van der Waals surface area contributed by atoms with Crippen molar-refractivity contribution < 1.29 is 22.4 Å². The molecule has 8 heteroatoms. The molecule has 0 spiro atoms. The number of fused-ring (bicyclic) bond motifs is 1. The van der Waals surface area contributed by atoms with E-state index in [1.54, 1.807) is 36.4 Å². The third kappa shape index (κ3) is 5.93. The number of nitrogens with one attached hydrogen (secondary N) is 1. The lowest BCUT2D eigenvalue weighted by Crippen LogP contribution is -2.43. The Morgan fingerprint density at radius 3 is 2.16 bits per heavy atom. The zero-order valence-electron chi connectivity index (χ0n) is 20.5. The number of hydrogen-bond acceptors (Lipinski definition) is 4. The van der Waals surface area contributed by atoms with Gasteiger partial charge >= 0.3 is 0 Å². The fourth-order valence-electron chi connectivity index (χ4n) is 4.17. The van der Waals surface area contributed by atoms with E-state index in [1.165, 1.54) is 38.4 Å². The second kappa shape index (κ2) is 11.0. The maximum absolute atomic E-state index is 13.6. The van der Waals surface area contributed by atoms with E-state index in [4.69, 9.17) is 0 Å². The lowest BCUT2D eigenvalue weighted by Gasteiger charge is -2.19. The molecule has 0 fully saturated rings. The molecule has 0 aromatic heterocycles. The summed E-state index contributed by atoms with van der Waals surface area (Å²) in [6, 6.07) is 23.8. The quantitative estimate of drug-likeness (QED) is 0.356. The van der Waals surface area contributed by atoms with Gasteiger partial charge in [-0.2, -0.15) is 0 Å². The molecule has 4 rings (SSSR count). The summed E-state index contributed by atoms with van der Waals surface area (Å²) in [7, 11) is -0.747. The maximum atomic E-state index is 13.6. The Kier molecular flexibility index (Phi) is 7.80. The van der Waals surface area contributed by atoms with Gasteiger partial charge in [-0.25, -0.2) is 17.1 Å². The van der Waals surface area contributed by atoms with Crippen LogP contribution < -0.4 is 5.32 Å². The van der Waals surface area contributed by atoms with Gasteiger partial charge < -0.3 is 5.32 Å². The maximum Gasteiger partial charge on any atom is 0.251 e. The van der Waals surface area contributed by atoms with Crippen molar-refractivity contribution in [3.63, 3.8) is 0 Å². The summed E-state index contributed by atoms with van der Waals surface area (Å²) in [4.78, 5) is 26.6. The van der Waals surface area contributed by atoms with Gasteiger partial charge in [0.2, 0.25) is 10.0 Å². The molecule has 0 aliphatic rings. The minimum absolute atomic E-state index is 0.00992. The van der Waals surface area contributed by atoms with E-state index < -0.39 is 27.8 Å². The standard InChI is InChI=1S/C29H27FN2O4S/c1-32(2)37(35,36)28-13-7-11-24-22(10-6-12-25(24)28)19-27(33)26(18-20-8-4-3-5-9-20)31-29(34)21-14-16-23(30)17-15-21/h3-17,26H,18-19H2,1-2H3,(H,31,34)/t26-/m0/s1. The van der Waals surface area contributed by atoms with Crippen LogP contribution in [0.3, 0.4) is 0 Å². The predicted octanol–water partition coefficient (Wildman–Crippen LogP) is 4.38. The summed E-state index contributed by atoms with van der Waals surface area (Å²) in [5, 5.41) is 3.99. The largest absolute Gasteiger partial charge is 0.342 e. The second-order valence-corrected chi connectivity index (χ2v) is 11.0. The molecule has 1 amide bonds. The molecular weight excluding hydrogens is 491 g/mol. The van der Waals surface area contributed by atoms with Crippen LogP contribution in [0.4, 0.5) is 4.39 Å². The van der Waals surface area contributed by atoms with Crippen molar-refractivity contribution in [2.75, 3.05) is 14.1 Å². The first-order valence-electron chi connectivity index (χ1n) is 11.7. The lowest BCUT2D eigenvalue weighted by molar-refractivity contribution is -0.120. The molecular formula is C29H27FN2O4S. The minimum Gasteiger partial charge on any atom is -0.342 e. The SMILES string of the molecule is CN(C)S(=O)(=O)c1cccc2c(CC(=O)[C@H](Cc3ccccc3)NC(=O)c3ccc(F)cc3)cccc12. The van der Waals surface area contributed by atoms with Crippen molar-refractivity contribution in [2.24, 2.45) is 0 Å². The van der Waals surface area contributed by atoms with Crippen molar-refractivity contribution >= 4 is 32.5 Å². The summed E-state index contributed by atoms with van der Waals surface area (Å²) in [5.41, 5.74) is 1.78. The monoisotopic (exact) mass is 518 g/mol. The average molecular weight is 519 g/mol. The third-order valence-electron chi connectivity index (χ3n) is 6.18. The van der Waals surface area contributed by atoms with E-state index in [9.17, 15) is 22.4 Å². The number of hydrogen-bond donors (Lipinski definition) is 1. The van der Waals surface area contributed by atoms with Crippen molar-refractivity contribution in [1.29, 1.82) is 0 Å². The fourth-order valence-corrected chi connectivity index (χ4v) is 5.27. The molecule has 6 nitrogen and oxygen atoms in total. The number of amides is 1. The van der Waals surface area contributed by atoms with E-state index in [2.05, 4.69) is 5.32 Å². The van der Waals surface area contributed by atoms with Crippen LogP contribution in [0.25, 0.3) is 10.8 Å². The van der Waals surface area contributed by atoms with Gasteiger partial charge in [-0.3, -0.25) is 9.59 Å². The van der Waals surface area contributed by atoms with Crippen molar-refractivity contribution in [3.05, 3.63) is 114 Å². The Morgan fingerprint density at radius 1 is 0.838 bits per heavy atom. The normalized spacial score (nSPS) is 12.4. The molecule has 0 radical (unpaired) electrons. The lowest BCUT2D eigenvalue weighted by atomic mass is 9.94. The highest BCUT2D eigenvalue weighted by Crippen LogP contribution is 2.28. The summed E-state index contributed by atoms with van der Waals surface area (Å²) in [5.74, 6) is -1.17. The first kappa shape index (κ1) is 26.2. The zero-order chi connectivity index (χ0) is 26.6. The molecule has 0 heterocycles. The van der Waals surface area contributed by atoms with Crippen LogP contribution >= 0.6 is 0 Å². The van der Waals surface area contributed by atoms with Gasteiger partial charge in [-0.15, -0.1) is 0 Å². The average Bonchev–Trinajstić information content (AvgIpc) is 2.89. The number of benzene rings is 4. The highest BCUT2D eigenvalue weighted by atomic mass is 32.2. The van der Waals surface area contributed by atoms with E-state index in [0.717, 1.165) is 9.87 Å². The van der Waals surface area contributed by atoms with Crippen LogP contribution in [-0.2, 0) is 27.7 Å². The van der Waals surface area contributed by atoms with Gasteiger partial charge in [0.05, 0.1) is 10.9 Å². The molecule has 4 aromatic rings. The topological polar surface area (TPSA) is 83.6 Å². The molecule has 4 aromatic carbocycles.